The number of nitrogen functional groups attached to an aromatic ring is 1. The molecule has 4 heteroatoms. The molecule has 1 saturated heterocycles. The Bertz CT molecular complexity index is 880. The Kier molecular flexibility index (Phi) is 5.90. The summed E-state index contributed by atoms with van der Waals surface area (Å²) in [5.41, 5.74) is 17.2. The summed E-state index contributed by atoms with van der Waals surface area (Å²) in [6.07, 6.45) is 3.04. The predicted octanol–water partition coefficient (Wildman–Crippen LogP) is 4.56. The van der Waals surface area contributed by atoms with Crippen molar-refractivity contribution in [3.8, 4) is 5.75 Å². The van der Waals surface area contributed by atoms with Crippen molar-refractivity contribution in [2.75, 3.05) is 12.3 Å². The Labute approximate surface area is 166 Å². The van der Waals surface area contributed by atoms with Gasteiger partial charge in [0.25, 0.3) is 0 Å². The first-order valence-electron chi connectivity index (χ1n) is 9.91. The van der Waals surface area contributed by atoms with Crippen LogP contribution in [0.2, 0.25) is 0 Å². The maximum atomic E-state index is 5.99. The van der Waals surface area contributed by atoms with E-state index >= 15 is 0 Å². The third kappa shape index (κ3) is 4.71. The fraction of sp³-hybridized carbons (Fsp3) is 0.250. The van der Waals surface area contributed by atoms with Crippen molar-refractivity contribution in [3.63, 3.8) is 0 Å². The van der Waals surface area contributed by atoms with Crippen molar-refractivity contribution in [2.24, 2.45) is 0 Å². The van der Waals surface area contributed by atoms with Crippen LogP contribution in [0.15, 0.2) is 78.9 Å². The summed E-state index contributed by atoms with van der Waals surface area (Å²) in [6, 6.07) is 27.6. The van der Waals surface area contributed by atoms with E-state index in [1.165, 1.54) is 16.7 Å². The average Bonchev–Trinajstić information content (AvgIpc) is 3.23. The molecule has 4 nitrogen and oxygen atoms in total. The summed E-state index contributed by atoms with van der Waals surface area (Å²) in [5.74, 6) is 0.934. The fourth-order valence-corrected chi connectivity index (χ4v) is 3.65. The molecule has 3 aromatic rings. The molecule has 0 spiro atoms. The van der Waals surface area contributed by atoms with Gasteiger partial charge in [-0.1, -0.05) is 54.6 Å². The van der Waals surface area contributed by atoms with Gasteiger partial charge < -0.3 is 10.5 Å². The Morgan fingerprint density at radius 2 is 1.57 bits per heavy atom. The molecule has 2 atom stereocenters. The number of hydrogen-bond acceptors (Lipinski definition) is 4. The second-order valence-corrected chi connectivity index (χ2v) is 7.31. The molecule has 0 aromatic heterocycles. The zero-order valence-corrected chi connectivity index (χ0v) is 16.0. The van der Waals surface area contributed by atoms with Gasteiger partial charge >= 0.3 is 0 Å². The van der Waals surface area contributed by atoms with Gasteiger partial charge in [0.15, 0.2) is 0 Å². The lowest BCUT2D eigenvalue weighted by atomic mass is 9.97. The smallest absolute Gasteiger partial charge is 0.119 e. The zero-order chi connectivity index (χ0) is 19.2. The van der Waals surface area contributed by atoms with Gasteiger partial charge in [-0.3, -0.25) is 0 Å². The molecule has 4 N–H and O–H groups in total. The molecule has 4 rings (SSSR count). The van der Waals surface area contributed by atoms with Crippen LogP contribution < -0.4 is 21.3 Å². The van der Waals surface area contributed by atoms with E-state index in [2.05, 4.69) is 71.5 Å². The molecular formula is C24H27N3O. The van der Waals surface area contributed by atoms with E-state index in [9.17, 15) is 0 Å². The van der Waals surface area contributed by atoms with Gasteiger partial charge in [0, 0.05) is 17.8 Å². The standard InChI is InChI=1S/C24H27N3O/c25-21-13-11-19(12-14-21)23-17-24(27-26-23)20-9-4-10-22(16-20)28-15-5-8-18-6-2-1-3-7-18/h1-4,6-7,9-14,16,23-24,26-27H,5,8,15,17,25H2. The maximum Gasteiger partial charge on any atom is 0.119 e. The van der Waals surface area contributed by atoms with Crippen molar-refractivity contribution in [3.05, 3.63) is 95.6 Å². The molecule has 1 aliphatic rings. The Balaban J connectivity index is 1.30. The molecule has 1 fully saturated rings. The van der Waals surface area contributed by atoms with Crippen LogP contribution in [-0.4, -0.2) is 6.61 Å². The zero-order valence-electron chi connectivity index (χ0n) is 16.0. The normalized spacial score (nSPS) is 18.9. The number of nitrogens with one attached hydrogen (secondary N) is 2. The minimum Gasteiger partial charge on any atom is -0.494 e. The first kappa shape index (κ1) is 18.5. The molecule has 0 radical (unpaired) electrons. The number of hydrazine groups is 1. The number of rotatable bonds is 7. The summed E-state index contributed by atoms with van der Waals surface area (Å²) in [6.45, 7) is 0.725. The molecule has 0 saturated carbocycles. The van der Waals surface area contributed by atoms with Gasteiger partial charge in [0.1, 0.15) is 5.75 Å². The summed E-state index contributed by atoms with van der Waals surface area (Å²) in [4.78, 5) is 0. The highest BCUT2D eigenvalue weighted by molar-refractivity contribution is 5.40. The highest BCUT2D eigenvalue weighted by Crippen LogP contribution is 2.32. The van der Waals surface area contributed by atoms with Gasteiger partial charge in [-0.15, -0.1) is 0 Å². The van der Waals surface area contributed by atoms with E-state index in [0.29, 0.717) is 0 Å². The Hall–Kier alpha value is -2.82. The van der Waals surface area contributed by atoms with Crippen molar-refractivity contribution in [2.45, 2.75) is 31.3 Å². The second kappa shape index (κ2) is 8.91. The van der Waals surface area contributed by atoms with E-state index in [1.54, 1.807) is 0 Å². The number of aryl methyl sites for hydroxylation is 1. The minimum atomic E-state index is 0.260. The molecule has 144 valence electrons. The molecule has 2 unspecified atom stereocenters. The van der Waals surface area contributed by atoms with E-state index in [1.807, 2.05) is 18.2 Å². The van der Waals surface area contributed by atoms with Crippen LogP contribution in [0.5, 0.6) is 5.75 Å². The molecule has 28 heavy (non-hydrogen) atoms. The van der Waals surface area contributed by atoms with Gasteiger partial charge in [-0.2, -0.15) is 0 Å². The van der Waals surface area contributed by atoms with E-state index in [-0.39, 0.29) is 12.1 Å². The molecule has 0 bridgehead atoms. The van der Waals surface area contributed by atoms with Crippen LogP contribution in [-0.2, 0) is 6.42 Å². The monoisotopic (exact) mass is 373 g/mol. The Morgan fingerprint density at radius 1 is 0.821 bits per heavy atom. The number of ether oxygens (including phenoxy) is 1. The summed E-state index contributed by atoms with van der Waals surface area (Å²) < 4.78 is 5.99. The van der Waals surface area contributed by atoms with Crippen LogP contribution >= 0.6 is 0 Å². The van der Waals surface area contributed by atoms with Crippen LogP contribution in [0.25, 0.3) is 0 Å². The van der Waals surface area contributed by atoms with E-state index < -0.39 is 0 Å². The van der Waals surface area contributed by atoms with Gasteiger partial charge in [0.2, 0.25) is 0 Å². The van der Waals surface area contributed by atoms with Gasteiger partial charge in [-0.05, 0) is 60.2 Å². The summed E-state index contributed by atoms with van der Waals surface area (Å²) in [7, 11) is 0. The lowest BCUT2D eigenvalue weighted by Crippen LogP contribution is -2.26. The number of anilines is 1. The topological polar surface area (TPSA) is 59.3 Å². The highest BCUT2D eigenvalue weighted by Gasteiger charge is 2.26. The fourth-order valence-electron chi connectivity index (χ4n) is 3.65. The van der Waals surface area contributed by atoms with E-state index in [4.69, 9.17) is 10.5 Å². The third-order valence-electron chi connectivity index (χ3n) is 5.22. The largest absolute Gasteiger partial charge is 0.494 e. The van der Waals surface area contributed by atoms with Crippen LogP contribution in [0.1, 0.15) is 41.6 Å². The first-order valence-corrected chi connectivity index (χ1v) is 9.91. The maximum absolute atomic E-state index is 5.99. The van der Waals surface area contributed by atoms with Gasteiger partial charge in [-0.25, -0.2) is 10.9 Å². The second-order valence-electron chi connectivity index (χ2n) is 7.31. The van der Waals surface area contributed by atoms with Crippen LogP contribution in [0, 0.1) is 0 Å². The lowest BCUT2D eigenvalue weighted by Gasteiger charge is -2.13. The average molecular weight is 373 g/mol. The molecule has 0 aliphatic carbocycles. The van der Waals surface area contributed by atoms with Gasteiger partial charge in [0.05, 0.1) is 6.61 Å². The van der Waals surface area contributed by atoms with Crippen molar-refractivity contribution in [1.29, 1.82) is 0 Å². The molecular weight excluding hydrogens is 346 g/mol. The van der Waals surface area contributed by atoms with E-state index in [0.717, 1.165) is 37.3 Å². The highest BCUT2D eigenvalue weighted by atomic mass is 16.5. The summed E-state index contributed by atoms with van der Waals surface area (Å²) >= 11 is 0. The van der Waals surface area contributed by atoms with Crippen LogP contribution in [0.3, 0.4) is 0 Å². The minimum absolute atomic E-state index is 0.260. The number of benzene rings is 3. The summed E-state index contributed by atoms with van der Waals surface area (Å²) in [5, 5.41) is 0. The predicted molar refractivity (Wildman–Crippen MR) is 114 cm³/mol. The van der Waals surface area contributed by atoms with Crippen molar-refractivity contribution >= 4 is 5.69 Å². The molecule has 0 amide bonds. The van der Waals surface area contributed by atoms with Crippen molar-refractivity contribution < 1.29 is 4.74 Å². The number of hydrogen-bond donors (Lipinski definition) is 3. The first-order chi connectivity index (χ1) is 13.8. The SMILES string of the molecule is Nc1ccc(C2CC(c3cccc(OCCCc4ccccc4)c3)NN2)cc1. The third-order valence-corrected chi connectivity index (χ3v) is 5.22. The molecule has 3 aromatic carbocycles. The molecule has 1 aliphatic heterocycles. The Morgan fingerprint density at radius 3 is 2.36 bits per heavy atom. The van der Waals surface area contributed by atoms with Crippen molar-refractivity contribution in [1.82, 2.24) is 10.9 Å². The quantitative estimate of drug-likeness (QED) is 0.420. The van der Waals surface area contributed by atoms with Crippen LogP contribution in [0.4, 0.5) is 5.69 Å². The lowest BCUT2D eigenvalue weighted by molar-refractivity contribution is 0.310. The number of nitrogens with two attached hydrogens (primary N) is 1. The molecule has 1 heterocycles.